The number of hydrogen-bond donors (Lipinski definition) is 3. The molecule has 4 heteroatoms. The summed E-state index contributed by atoms with van der Waals surface area (Å²) in [5, 5.41) is 25.9. The molecule has 1 atom stereocenters. The highest BCUT2D eigenvalue weighted by atomic mass is 16.4. The fourth-order valence-electron chi connectivity index (χ4n) is 0.926. The van der Waals surface area contributed by atoms with Gasteiger partial charge in [-0.05, 0) is 25.7 Å². The molecule has 0 saturated carbocycles. The molecular formula is C8H16O4. The number of aliphatic hydroxyl groups is 2. The van der Waals surface area contributed by atoms with Crippen LogP contribution in [0.25, 0.3) is 0 Å². The Kier molecular flexibility index (Phi) is 6.70. The molecule has 0 rings (SSSR count). The van der Waals surface area contributed by atoms with E-state index in [1.165, 1.54) is 0 Å². The Morgan fingerprint density at radius 3 is 2.42 bits per heavy atom. The van der Waals surface area contributed by atoms with Crippen molar-refractivity contribution in [3.05, 3.63) is 0 Å². The Hall–Kier alpha value is -0.610. The highest BCUT2D eigenvalue weighted by molar-refractivity contribution is 5.66. The van der Waals surface area contributed by atoms with E-state index in [4.69, 9.17) is 10.2 Å². The number of carbonyl (C=O) groups is 1. The molecule has 0 unspecified atom stereocenters. The second kappa shape index (κ2) is 7.06. The number of carboxylic acids is 1. The minimum Gasteiger partial charge on any atom is -0.481 e. The number of unbranched alkanes of at least 4 members (excludes halogenated alkanes) is 1. The van der Waals surface area contributed by atoms with Crippen LogP contribution in [0.5, 0.6) is 0 Å². The molecule has 0 saturated heterocycles. The van der Waals surface area contributed by atoms with Gasteiger partial charge in [0.15, 0.2) is 0 Å². The Balaban J connectivity index is 3.21. The Morgan fingerprint density at radius 1 is 1.25 bits per heavy atom. The van der Waals surface area contributed by atoms with Crippen molar-refractivity contribution in [3.8, 4) is 0 Å². The van der Waals surface area contributed by atoms with Crippen LogP contribution in [0.1, 0.15) is 32.1 Å². The van der Waals surface area contributed by atoms with Crippen LogP contribution >= 0.6 is 0 Å². The Morgan fingerprint density at radius 2 is 1.92 bits per heavy atom. The summed E-state index contributed by atoms with van der Waals surface area (Å²) in [4.78, 5) is 10.1. The van der Waals surface area contributed by atoms with E-state index >= 15 is 0 Å². The van der Waals surface area contributed by atoms with E-state index in [-0.39, 0.29) is 13.0 Å². The van der Waals surface area contributed by atoms with Gasteiger partial charge in [0.2, 0.25) is 0 Å². The third-order valence-corrected chi connectivity index (χ3v) is 1.64. The Labute approximate surface area is 71.8 Å². The van der Waals surface area contributed by atoms with Gasteiger partial charge in [0.25, 0.3) is 0 Å². The van der Waals surface area contributed by atoms with Crippen molar-refractivity contribution in [2.45, 2.75) is 38.2 Å². The van der Waals surface area contributed by atoms with Crippen molar-refractivity contribution in [3.63, 3.8) is 0 Å². The van der Waals surface area contributed by atoms with E-state index in [1.807, 2.05) is 0 Å². The monoisotopic (exact) mass is 176 g/mol. The van der Waals surface area contributed by atoms with Crippen molar-refractivity contribution < 1.29 is 20.1 Å². The van der Waals surface area contributed by atoms with E-state index in [9.17, 15) is 9.90 Å². The van der Waals surface area contributed by atoms with Gasteiger partial charge in [0.1, 0.15) is 0 Å². The molecular weight excluding hydrogens is 160 g/mol. The fourth-order valence-corrected chi connectivity index (χ4v) is 0.926. The summed E-state index contributed by atoms with van der Waals surface area (Å²) in [6.07, 6.45) is 1.78. The normalized spacial score (nSPS) is 12.8. The number of hydrogen-bond acceptors (Lipinski definition) is 3. The maximum Gasteiger partial charge on any atom is 0.303 e. The highest BCUT2D eigenvalue weighted by Gasteiger charge is 2.06. The lowest BCUT2D eigenvalue weighted by molar-refractivity contribution is -0.137. The lowest BCUT2D eigenvalue weighted by Gasteiger charge is -2.07. The van der Waals surface area contributed by atoms with Crippen molar-refractivity contribution in [1.82, 2.24) is 0 Å². The molecule has 0 aromatic carbocycles. The third kappa shape index (κ3) is 7.50. The van der Waals surface area contributed by atoms with Gasteiger partial charge in [0.05, 0.1) is 6.10 Å². The molecule has 0 fully saturated rings. The van der Waals surface area contributed by atoms with E-state index < -0.39 is 12.1 Å². The zero-order valence-electron chi connectivity index (χ0n) is 7.07. The largest absolute Gasteiger partial charge is 0.481 e. The molecule has 72 valence electrons. The van der Waals surface area contributed by atoms with Gasteiger partial charge in [-0.3, -0.25) is 4.79 Å². The van der Waals surface area contributed by atoms with Gasteiger partial charge in [-0.15, -0.1) is 0 Å². The summed E-state index contributed by atoms with van der Waals surface area (Å²) in [6.45, 7) is 0.131. The van der Waals surface area contributed by atoms with Crippen molar-refractivity contribution in [2.24, 2.45) is 0 Å². The summed E-state index contributed by atoms with van der Waals surface area (Å²) in [5.74, 6) is -0.879. The van der Waals surface area contributed by atoms with Gasteiger partial charge in [0, 0.05) is 13.0 Å². The molecule has 0 spiro atoms. The van der Waals surface area contributed by atoms with Gasteiger partial charge in [-0.2, -0.15) is 0 Å². The predicted octanol–water partition coefficient (Wildman–Crippen LogP) is 0.375. The summed E-state index contributed by atoms with van der Waals surface area (Å²) in [7, 11) is 0. The third-order valence-electron chi connectivity index (χ3n) is 1.64. The number of carboxylic acid groups (broad SMARTS) is 1. The van der Waals surface area contributed by atoms with E-state index in [1.54, 1.807) is 0 Å². The summed E-state index contributed by atoms with van der Waals surface area (Å²) in [5.41, 5.74) is 0. The first kappa shape index (κ1) is 11.4. The SMILES string of the molecule is O=C(O)CC[C@H](O)CCCCO. The second-order valence-corrected chi connectivity index (χ2v) is 2.81. The number of aliphatic carboxylic acids is 1. The molecule has 0 aromatic heterocycles. The average molecular weight is 176 g/mol. The smallest absolute Gasteiger partial charge is 0.303 e. The first-order chi connectivity index (χ1) is 5.66. The molecule has 0 aliphatic heterocycles. The molecule has 0 radical (unpaired) electrons. The van der Waals surface area contributed by atoms with Crippen molar-refractivity contribution in [2.75, 3.05) is 6.61 Å². The summed E-state index contributed by atoms with van der Waals surface area (Å²) >= 11 is 0. The quantitative estimate of drug-likeness (QED) is 0.490. The Bertz CT molecular complexity index is 124. The van der Waals surface area contributed by atoms with Gasteiger partial charge in [-0.25, -0.2) is 0 Å². The van der Waals surface area contributed by atoms with Crippen molar-refractivity contribution in [1.29, 1.82) is 0 Å². The lowest BCUT2D eigenvalue weighted by Crippen LogP contribution is -2.09. The van der Waals surface area contributed by atoms with Gasteiger partial charge < -0.3 is 15.3 Å². The van der Waals surface area contributed by atoms with Crippen LogP contribution in [0.15, 0.2) is 0 Å². The van der Waals surface area contributed by atoms with Crippen LogP contribution < -0.4 is 0 Å². The minimum absolute atomic E-state index is 0.0142. The molecule has 0 amide bonds. The topological polar surface area (TPSA) is 77.8 Å². The predicted molar refractivity (Wildman–Crippen MR) is 43.8 cm³/mol. The van der Waals surface area contributed by atoms with Crippen LogP contribution in [0.4, 0.5) is 0 Å². The van der Waals surface area contributed by atoms with Crippen LogP contribution in [-0.2, 0) is 4.79 Å². The maximum absolute atomic E-state index is 10.1. The van der Waals surface area contributed by atoms with E-state index in [2.05, 4.69) is 0 Å². The molecule has 0 aliphatic carbocycles. The molecule has 12 heavy (non-hydrogen) atoms. The molecule has 0 heterocycles. The van der Waals surface area contributed by atoms with E-state index in [0.717, 1.165) is 6.42 Å². The number of aliphatic hydroxyl groups excluding tert-OH is 2. The van der Waals surface area contributed by atoms with Crippen LogP contribution in [0.2, 0.25) is 0 Å². The summed E-state index contributed by atoms with van der Waals surface area (Å²) < 4.78 is 0. The lowest BCUT2D eigenvalue weighted by atomic mass is 10.1. The van der Waals surface area contributed by atoms with Crippen LogP contribution in [-0.4, -0.2) is 34.0 Å². The molecule has 0 aliphatic rings. The van der Waals surface area contributed by atoms with Crippen molar-refractivity contribution >= 4 is 5.97 Å². The molecule has 3 N–H and O–H groups in total. The van der Waals surface area contributed by atoms with Crippen LogP contribution in [0, 0.1) is 0 Å². The van der Waals surface area contributed by atoms with Gasteiger partial charge >= 0.3 is 5.97 Å². The summed E-state index contributed by atoms with van der Waals surface area (Å²) in [6, 6.07) is 0. The molecule has 0 bridgehead atoms. The zero-order chi connectivity index (χ0) is 9.40. The van der Waals surface area contributed by atoms with E-state index in [0.29, 0.717) is 19.3 Å². The average Bonchev–Trinajstić information content (AvgIpc) is 2.01. The zero-order valence-corrected chi connectivity index (χ0v) is 7.07. The first-order valence-electron chi connectivity index (χ1n) is 4.17. The second-order valence-electron chi connectivity index (χ2n) is 2.81. The molecule has 0 aromatic rings. The minimum atomic E-state index is -0.879. The highest BCUT2D eigenvalue weighted by Crippen LogP contribution is 2.06. The van der Waals surface area contributed by atoms with Crippen LogP contribution in [0.3, 0.4) is 0 Å². The van der Waals surface area contributed by atoms with Gasteiger partial charge in [-0.1, -0.05) is 0 Å². The standard InChI is InChI=1S/C8H16O4/c9-6-2-1-3-7(10)4-5-8(11)12/h7,9-10H,1-6H2,(H,11,12)/t7-/m1/s1. The number of rotatable bonds is 7. The maximum atomic E-state index is 10.1. The fraction of sp³-hybridized carbons (Fsp3) is 0.875. The molecule has 4 nitrogen and oxygen atoms in total. The first-order valence-corrected chi connectivity index (χ1v) is 4.17.